The van der Waals surface area contributed by atoms with Crippen LogP contribution in [0, 0.1) is 12.7 Å². The summed E-state index contributed by atoms with van der Waals surface area (Å²) in [7, 11) is 0. The Morgan fingerprint density at radius 3 is 2.31 bits per heavy atom. The smallest absolute Gasteiger partial charge is 0.243 e. The lowest BCUT2D eigenvalue weighted by molar-refractivity contribution is -0.140. The van der Waals surface area contributed by atoms with Gasteiger partial charge in [0.15, 0.2) is 0 Å². The van der Waals surface area contributed by atoms with E-state index in [1.54, 1.807) is 18.2 Å². The molecule has 0 heterocycles. The second-order valence-electron chi connectivity index (χ2n) is 7.88. The van der Waals surface area contributed by atoms with E-state index in [-0.39, 0.29) is 24.8 Å². The molecule has 0 bridgehead atoms. The third kappa shape index (κ3) is 6.27. The van der Waals surface area contributed by atoms with Crippen LogP contribution < -0.4 is 5.32 Å². The summed E-state index contributed by atoms with van der Waals surface area (Å²) < 4.78 is 14.5. The summed E-state index contributed by atoms with van der Waals surface area (Å²) in [6.45, 7) is 4.28. The van der Waals surface area contributed by atoms with Crippen molar-refractivity contribution in [3.05, 3.63) is 107 Å². The molecule has 32 heavy (non-hydrogen) atoms. The number of carbonyl (C=O) groups is 2. The number of rotatable bonds is 9. The van der Waals surface area contributed by atoms with Crippen molar-refractivity contribution in [2.24, 2.45) is 0 Å². The Kier molecular flexibility index (Phi) is 8.14. The van der Waals surface area contributed by atoms with Gasteiger partial charge in [-0.15, -0.1) is 0 Å². The van der Waals surface area contributed by atoms with Gasteiger partial charge in [0.2, 0.25) is 11.8 Å². The average Bonchev–Trinajstić information content (AvgIpc) is 2.78. The topological polar surface area (TPSA) is 49.4 Å². The Hall–Kier alpha value is -3.47. The Labute approximate surface area is 189 Å². The Balaban J connectivity index is 1.97. The predicted molar refractivity (Wildman–Crippen MR) is 124 cm³/mol. The number of nitrogens with one attached hydrogen (secondary N) is 1. The summed E-state index contributed by atoms with van der Waals surface area (Å²) in [5, 5.41) is 2.85. The first-order valence-corrected chi connectivity index (χ1v) is 10.9. The Bertz CT molecular complexity index is 1050. The fourth-order valence-electron chi connectivity index (χ4n) is 3.75. The fourth-order valence-corrected chi connectivity index (χ4v) is 3.75. The zero-order valence-corrected chi connectivity index (χ0v) is 18.6. The molecule has 166 valence electrons. The minimum absolute atomic E-state index is 0.0198. The van der Waals surface area contributed by atoms with E-state index in [4.69, 9.17) is 0 Å². The second-order valence-corrected chi connectivity index (χ2v) is 7.88. The number of likely N-dealkylation sites (N-methyl/N-ethyl adjacent to an activating group) is 1. The molecule has 0 aromatic heterocycles. The zero-order chi connectivity index (χ0) is 22.9. The van der Waals surface area contributed by atoms with E-state index < -0.39 is 11.9 Å². The minimum atomic E-state index is -0.755. The fraction of sp³-hybridized carbons (Fsp3) is 0.259. The highest BCUT2D eigenvalue weighted by atomic mass is 19.1. The van der Waals surface area contributed by atoms with Crippen LogP contribution in [0.25, 0.3) is 0 Å². The maximum absolute atomic E-state index is 14.5. The van der Waals surface area contributed by atoms with E-state index in [1.807, 2.05) is 68.4 Å². The number of aryl methyl sites for hydroxylation is 1. The highest BCUT2D eigenvalue weighted by molar-refractivity contribution is 5.88. The van der Waals surface area contributed by atoms with Gasteiger partial charge in [-0.25, -0.2) is 4.39 Å². The minimum Gasteiger partial charge on any atom is -0.355 e. The van der Waals surface area contributed by atoms with E-state index in [0.717, 1.165) is 16.7 Å². The van der Waals surface area contributed by atoms with Crippen molar-refractivity contribution in [2.45, 2.75) is 39.3 Å². The van der Waals surface area contributed by atoms with Crippen molar-refractivity contribution in [3.63, 3.8) is 0 Å². The van der Waals surface area contributed by atoms with Crippen LogP contribution >= 0.6 is 0 Å². The van der Waals surface area contributed by atoms with Gasteiger partial charge in [0, 0.05) is 25.1 Å². The normalized spacial score (nSPS) is 11.6. The molecule has 0 saturated carbocycles. The molecular formula is C27H29FN2O2. The first-order valence-electron chi connectivity index (χ1n) is 10.9. The third-order valence-electron chi connectivity index (χ3n) is 5.36. The standard InChI is InChI=1S/C27H29FN2O2/c1-3-29-27(32)25(17-21-11-5-4-6-12-21)30(19-23-14-7-8-15-24(23)28)26(31)18-22-13-9-10-20(2)16-22/h4-16,25H,3,17-19H2,1-2H3,(H,29,32)/t25-/m0/s1. The maximum atomic E-state index is 14.5. The van der Waals surface area contributed by atoms with E-state index in [0.29, 0.717) is 18.5 Å². The molecule has 0 aliphatic rings. The maximum Gasteiger partial charge on any atom is 0.243 e. The molecule has 0 unspecified atom stereocenters. The van der Waals surface area contributed by atoms with Crippen LogP contribution in [0.2, 0.25) is 0 Å². The number of halogens is 1. The van der Waals surface area contributed by atoms with Crippen molar-refractivity contribution in [2.75, 3.05) is 6.54 Å². The Morgan fingerprint density at radius 1 is 0.938 bits per heavy atom. The van der Waals surface area contributed by atoms with Crippen molar-refractivity contribution >= 4 is 11.8 Å². The monoisotopic (exact) mass is 432 g/mol. The molecule has 0 spiro atoms. The average molecular weight is 433 g/mol. The van der Waals surface area contributed by atoms with E-state index in [2.05, 4.69) is 5.32 Å². The number of benzene rings is 3. The van der Waals surface area contributed by atoms with Crippen LogP contribution in [0.5, 0.6) is 0 Å². The van der Waals surface area contributed by atoms with E-state index >= 15 is 0 Å². The lowest BCUT2D eigenvalue weighted by atomic mass is 10.0. The molecule has 2 amide bonds. The van der Waals surface area contributed by atoms with Crippen LogP contribution in [0.3, 0.4) is 0 Å². The zero-order valence-electron chi connectivity index (χ0n) is 18.6. The number of hydrogen-bond acceptors (Lipinski definition) is 2. The molecule has 0 fully saturated rings. The summed E-state index contributed by atoms with van der Waals surface area (Å²) in [6.07, 6.45) is 0.488. The number of hydrogen-bond donors (Lipinski definition) is 1. The van der Waals surface area contributed by atoms with Gasteiger partial charge in [-0.05, 0) is 31.0 Å². The number of nitrogens with zero attached hydrogens (tertiary/aromatic N) is 1. The van der Waals surface area contributed by atoms with Crippen LogP contribution in [-0.2, 0) is 29.0 Å². The van der Waals surface area contributed by atoms with Gasteiger partial charge in [0.25, 0.3) is 0 Å². The lowest BCUT2D eigenvalue weighted by Crippen LogP contribution is -2.51. The van der Waals surface area contributed by atoms with Crippen molar-refractivity contribution in [3.8, 4) is 0 Å². The quantitative estimate of drug-likeness (QED) is 0.543. The van der Waals surface area contributed by atoms with Crippen LogP contribution in [0.4, 0.5) is 4.39 Å². The SMILES string of the molecule is CCNC(=O)[C@H](Cc1ccccc1)N(Cc1ccccc1F)C(=O)Cc1cccc(C)c1. The molecule has 0 aliphatic carbocycles. The molecule has 0 aliphatic heterocycles. The summed E-state index contributed by atoms with van der Waals surface area (Å²) >= 11 is 0. The first kappa shape index (κ1) is 23.2. The van der Waals surface area contributed by atoms with Gasteiger partial charge < -0.3 is 10.2 Å². The van der Waals surface area contributed by atoms with Gasteiger partial charge >= 0.3 is 0 Å². The lowest BCUT2D eigenvalue weighted by Gasteiger charge is -2.31. The summed E-state index contributed by atoms with van der Waals surface area (Å²) in [5.74, 6) is -0.855. The number of carbonyl (C=O) groups excluding carboxylic acids is 2. The van der Waals surface area contributed by atoms with Gasteiger partial charge in [-0.3, -0.25) is 9.59 Å². The highest BCUT2D eigenvalue weighted by Crippen LogP contribution is 2.18. The molecule has 5 heteroatoms. The predicted octanol–water partition coefficient (Wildman–Crippen LogP) is 4.45. The van der Waals surface area contributed by atoms with Crippen LogP contribution in [0.1, 0.15) is 29.2 Å². The molecular weight excluding hydrogens is 403 g/mol. The molecule has 3 aromatic carbocycles. The summed E-state index contributed by atoms with van der Waals surface area (Å²) in [4.78, 5) is 28.1. The van der Waals surface area contributed by atoms with Crippen LogP contribution in [-0.4, -0.2) is 29.3 Å². The Morgan fingerprint density at radius 2 is 1.62 bits per heavy atom. The molecule has 3 aromatic rings. The molecule has 1 atom stereocenters. The van der Waals surface area contributed by atoms with E-state index in [9.17, 15) is 14.0 Å². The molecule has 4 nitrogen and oxygen atoms in total. The van der Waals surface area contributed by atoms with Gasteiger partial charge in [-0.1, -0.05) is 78.4 Å². The highest BCUT2D eigenvalue weighted by Gasteiger charge is 2.30. The number of amides is 2. The molecule has 0 radical (unpaired) electrons. The molecule has 1 N–H and O–H groups in total. The van der Waals surface area contributed by atoms with Crippen molar-refractivity contribution in [1.82, 2.24) is 10.2 Å². The van der Waals surface area contributed by atoms with Gasteiger partial charge in [0.1, 0.15) is 11.9 Å². The van der Waals surface area contributed by atoms with Gasteiger partial charge in [0.05, 0.1) is 6.42 Å². The first-order chi connectivity index (χ1) is 15.5. The summed E-state index contributed by atoms with van der Waals surface area (Å²) in [6, 6.07) is 22.9. The second kappa shape index (κ2) is 11.2. The van der Waals surface area contributed by atoms with E-state index in [1.165, 1.54) is 11.0 Å². The summed E-state index contributed by atoms with van der Waals surface area (Å²) in [5.41, 5.74) is 3.24. The van der Waals surface area contributed by atoms with Crippen LogP contribution in [0.15, 0.2) is 78.9 Å². The van der Waals surface area contributed by atoms with Gasteiger partial charge in [-0.2, -0.15) is 0 Å². The largest absolute Gasteiger partial charge is 0.355 e. The van der Waals surface area contributed by atoms with Crippen molar-refractivity contribution < 1.29 is 14.0 Å². The van der Waals surface area contributed by atoms with Crippen molar-refractivity contribution in [1.29, 1.82) is 0 Å². The molecule has 3 rings (SSSR count). The third-order valence-corrected chi connectivity index (χ3v) is 5.36. The molecule has 0 saturated heterocycles.